The van der Waals surface area contributed by atoms with Crippen LogP contribution in [0.5, 0.6) is 17.2 Å². The molecule has 0 radical (unpaired) electrons. The number of amides is 2. The van der Waals surface area contributed by atoms with Crippen LogP contribution in [-0.4, -0.2) is 125 Å². The van der Waals surface area contributed by atoms with Crippen LogP contribution in [0.25, 0.3) is 10.8 Å². The highest BCUT2D eigenvalue weighted by Gasteiger charge is 2.51. The highest BCUT2D eigenvalue weighted by atomic mass is 16.7. The smallest absolute Gasteiger partial charge is 0.312 e. The second-order valence-corrected chi connectivity index (χ2v) is 21.2. The molecular weight excluding hydrogens is 947 g/mol. The number of phenols is 2. The van der Waals surface area contributed by atoms with Gasteiger partial charge in [0.15, 0.2) is 5.75 Å². The van der Waals surface area contributed by atoms with Crippen molar-refractivity contribution in [3.05, 3.63) is 82.4 Å². The van der Waals surface area contributed by atoms with E-state index < -0.39 is 65.0 Å². The first-order valence-corrected chi connectivity index (χ1v) is 26.0. The molecule has 1 aromatic heterocycles. The number of allylic oxidation sites excluding steroid dienone is 3. The molecular formula is C56H75N7O11. The number of anilines is 2. The van der Waals surface area contributed by atoms with Crippen molar-refractivity contribution >= 4 is 46.3 Å². The predicted molar refractivity (Wildman–Crippen MR) is 280 cm³/mol. The summed E-state index contributed by atoms with van der Waals surface area (Å²) in [6.45, 7) is 20.3. The average molecular weight is 1020 g/mol. The van der Waals surface area contributed by atoms with Crippen LogP contribution in [0, 0.1) is 36.5 Å². The molecule has 2 amide bonds. The Morgan fingerprint density at radius 2 is 1.78 bits per heavy atom. The Labute approximate surface area is 433 Å². The summed E-state index contributed by atoms with van der Waals surface area (Å²) in [6.07, 6.45) is 10.2. The number of aromatic hydroxyl groups is 2. The zero-order chi connectivity index (χ0) is 53.6. The molecule has 5 N–H and O–H groups in total. The van der Waals surface area contributed by atoms with Gasteiger partial charge in [-0.1, -0.05) is 65.8 Å². The van der Waals surface area contributed by atoms with Gasteiger partial charge >= 0.3 is 11.8 Å². The number of aliphatic hydroxyl groups excluding tert-OH is 1. The van der Waals surface area contributed by atoms with Crippen LogP contribution in [0.15, 0.2) is 70.5 Å². The minimum atomic E-state index is -1.97. The van der Waals surface area contributed by atoms with Crippen molar-refractivity contribution in [3.8, 4) is 17.2 Å². The number of ether oxygens (including phenoxy) is 4. The van der Waals surface area contributed by atoms with Crippen molar-refractivity contribution in [2.24, 2.45) is 39.6 Å². The van der Waals surface area contributed by atoms with Crippen molar-refractivity contribution < 1.29 is 53.4 Å². The SMILES string of the molecule is CO[C@H]1/C=C/OC2(C)Oc3c(C)c(O)c4c(O)c(c5c(c4c3C2=O)NC2(CCN(CC(C)C)CC2)N=5)=NC(=O)/C(C)=C\C=C\C(C)C[C@@H](C)C(O)[C@@H](C)C(OC(=O)CCCN(CCNC=O)c2ccccn2)[C@@H]1C. The number of nitrogens with one attached hydrogen (secondary N) is 2. The molecule has 18 heteroatoms. The second kappa shape index (κ2) is 23.4. The normalized spacial score (nSPS) is 27.8. The number of phenolic OH excluding ortho intramolecular Hbond substituents is 2. The third kappa shape index (κ3) is 11.8. The number of benzene rings is 2. The summed E-state index contributed by atoms with van der Waals surface area (Å²) in [6, 6.07) is 5.55. The Kier molecular flexibility index (Phi) is 17.5. The first-order chi connectivity index (χ1) is 35.2. The maximum absolute atomic E-state index is 15.0. The van der Waals surface area contributed by atoms with Crippen LogP contribution in [0.4, 0.5) is 11.5 Å². The van der Waals surface area contributed by atoms with Gasteiger partial charge in [-0.15, -0.1) is 0 Å². The summed E-state index contributed by atoms with van der Waals surface area (Å²) < 4.78 is 25.0. The van der Waals surface area contributed by atoms with Crippen molar-refractivity contribution in [3.63, 3.8) is 0 Å². The number of methoxy groups -OCH3 is 1. The first-order valence-electron chi connectivity index (χ1n) is 26.0. The Hall–Kier alpha value is -6.37. The van der Waals surface area contributed by atoms with Gasteiger partial charge in [-0.25, -0.2) is 9.98 Å². The van der Waals surface area contributed by atoms with Crippen LogP contribution in [0.2, 0.25) is 0 Å². The number of pyridine rings is 1. The summed E-state index contributed by atoms with van der Waals surface area (Å²) in [7, 11) is 1.51. The van der Waals surface area contributed by atoms with E-state index >= 15 is 0 Å². The number of nitrogens with zero attached hydrogens (tertiary/aromatic N) is 5. The van der Waals surface area contributed by atoms with Crippen LogP contribution in [0.3, 0.4) is 0 Å². The number of carbonyl (C=O) groups excluding carboxylic acids is 4. The number of hydrogen-bond acceptors (Lipinski definition) is 16. The van der Waals surface area contributed by atoms with E-state index in [-0.39, 0.29) is 67.9 Å². The molecule has 5 aliphatic heterocycles. The van der Waals surface area contributed by atoms with Crippen molar-refractivity contribution in [2.45, 2.75) is 124 Å². The molecule has 6 heterocycles. The van der Waals surface area contributed by atoms with Gasteiger partial charge in [-0.3, -0.25) is 24.2 Å². The predicted octanol–water partition coefficient (Wildman–Crippen LogP) is 6.19. The lowest BCUT2D eigenvalue weighted by Gasteiger charge is -2.38. The molecule has 400 valence electrons. The van der Waals surface area contributed by atoms with Gasteiger partial charge in [0, 0.05) is 107 Å². The molecule has 1 fully saturated rings. The first kappa shape index (κ1) is 55.4. The van der Waals surface area contributed by atoms with Gasteiger partial charge in [-0.2, -0.15) is 0 Å². The largest absolute Gasteiger partial charge is 0.507 e. The number of Topliss-reactive ketones (excluding diaryl/α,β-unsaturated/α-hetero) is 1. The van der Waals surface area contributed by atoms with Crippen LogP contribution in [0.1, 0.15) is 103 Å². The minimum absolute atomic E-state index is 0.0534. The topological polar surface area (TPSA) is 234 Å². The third-order valence-electron chi connectivity index (χ3n) is 15.0. The van der Waals surface area contributed by atoms with E-state index in [4.69, 9.17) is 23.9 Å². The van der Waals surface area contributed by atoms with E-state index in [1.54, 1.807) is 38.3 Å². The second-order valence-electron chi connectivity index (χ2n) is 21.2. The fourth-order valence-corrected chi connectivity index (χ4v) is 10.9. The lowest BCUT2D eigenvalue weighted by molar-refractivity contribution is -0.162. The number of rotatable bonds is 13. The molecule has 5 bridgehead atoms. The lowest BCUT2D eigenvalue weighted by atomic mass is 9.79. The maximum atomic E-state index is 15.0. The highest BCUT2D eigenvalue weighted by Crippen LogP contribution is 2.51. The summed E-state index contributed by atoms with van der Waals surface area (Å²) >= 11 is 0. The van der Waals surface area contributed by atoms with Gasteiger partial charge in [0.1, 0.15) is 39.8 Å². The van der Waals surface area contributed by atoms with Gasteiger partial charge < -0.3 is 54.7 Å². The lowest BCUT2D eigenvalue weighted by Crippen LogP contribution is -2.47. The van der Waals surface area contributed by atoms with E-state index in [0.717, 1.165) is 19.6 Å². The number of likely N-dealkylation sites (tertiary alicyclic amines) is 1. The quantitative estimate of drug-likeness (QED) is 0.0556. The van der Waals surface area contributed by atoms with Crippen LogP contribution < -0.4 is 31.0 Å². The Bertz CT molecular complexity index is 2790. The number of aromatic nitrogens is 1. The molecule has 3 aromatic rings. The monoisotopic (exact) mass is 1020 g/mol. The maximum Gasteiger partial charge on any atom is 0.312 e. The molecule has 0 saturated carbocycles. The Morgan fingerprint density at radius 3 is 2.46 bits per heavy atom. The van der Waals surface area contributed by atoms with Gasteiger partial charge in [0.05, 0.1) is 35.1 Å². The van der Waals surface area contributed by atoms with E-state index in [9.17, 15) is 34.5 Å². The van der Waals surface area contributed by atoms with Gasteiger partial charge in [0.2, 0.25) is 6.41 Å². The summed E-state index contributed by atoms with van der Waals surface area (Å²) in [5.74, 6) is -4.81. The molecule has 5 aliphatic rings. The number of hydrogen-bond donors (Lipinski definition) is 5. The highest BCUT2D eigenvalue weighted by molar-refractivity contribution is 6.21. The Balaban J connectivity index is 1.25. The summed E-state index contributed by atoms with van der Waals surface area (Å²) in [4.78, 5) is 72.3. The van der Waals surface area contributed by atoms with E-state index in [1.807, 2.05) is 56.9 Å². The van der Waals surface area contributed by atoms with Crippen molar-refractivity contribution in [1.29, 1.82) is 0 Å². The van der Waals surface area contributed by atoms with E-state index in [2.05, 4.69) is 39.4 Å². The molecule has 18 nitrogen and oxygen atoms in total. The van der Waals surface area contributed by atoms with E-state index in [0.29, 0.717) is 69.2 Å². The van der Waals surface area contributed by atoms with Crippen LogP contribution in [-0.2, 0) is 28.6 Å². The molecule has 0 aliphatic carbocycles. The molecule has 8 rings (SSSR count). The van der Waals surface area contributed by atoms with Crippen molar-refractivity contribution in [2.75, 3.05) is 56.6 Å². The number of fused-ring (bicyclic) bond motifs is 13. The average Bonchev–Trinajstić information content (AvgIpc) is 3.87. The molecule has 74 heavy (non-hydrogen) atoms. The number of piperidine rings is 1. The molecule has 1 saturated heterocycles. The Morgan fingerprint density at radius 1 is 1.04 bits per heavy atom. The third-order valence-corrected chi connectivity index (χ3v) is 15.0. The standard InChI is InChI=1S/C56H75N7O11/c1-32(2)30-62-25-20-56(21-26-62)60-45-42-43-49(67)38(8)52-44(42)53(69)55(9,74-52)72-28-19-39(71-10)36(6)51(73-41(65)18-14-24-63(27-23-57-31-64)40-17-11-12-22-58-40)37(7)48(66)35(5)29-33(3)15-13-16-34(4)54(70)59-47(50(43)68)46(45)61-56/h11-13,15-17,19,22,28,31-33,35-37,39,48,51,60,66-68H,14,18,20-21,23-27,29-30H2,1-10H3,(H,57,64)/b15-13+,28-19+,34-16-,59-47?/t33?,35-,36-,37-,39+,48?,51?,55?/m1/s1. The number of ketones is 1. The van der Waals surface area contributed by atoms with Crippen molar-refractivity contribution in [1.82, 2.24) is 15.2 Å². The number of esters is 1. The molecule has 8 atom stereocenters. The fourth-order valence-electron chi connectivity index (χ4n) is 10.9. The van der Waals surface area contributed by atoms with E-state index in [1.165, 1.54) is 20.3 Å². The fraction of sp³-hybridized carbons (Fsp3) is 0.554. The summed E-state index contributed by atoms with van der Waals surface area (Å²) in [5, 5.41) is 42.6. The summed E-state index contributed by atoms with van der Waals surface area (Å²) in [5.41, 5.74) is -0.0328. The molecule has 1 spiro atoms. The zero-order valence-corrected chi connectivity index (χ0v) is 44.5. The number of aliphatic hydroxyl groups is 1. The zero-order valence-electron chi connectivity index (χ0n) is 44.5. The van der Waals surface area contributed by atoms with Gasteiger partial charge in [-0.05, 0) is 62.7 Å². The van der Waals surface area contributed by atoms with Crippen LogP contribution >= 0.6 is 0 Å². The van der Waals surface area contributed by atoms with Gasteiger partial charge in [0.25, 0.3) is 11.7 Å². The number of carbonyl (C=O) groups is 4. The minimum Gasteiger partial charge on any atom is -0.507 e. The molecule has 4 unspecified atom stereocenters. The molecule has 2 aromatic carbocycles.